The minimum absolute atomic E-state index is 0.224. The molecule has 1 aliphatic heterocycles. The lowest BCUT2D eigenvalue weighted by atomic mass is 9.66. The molecule has 2 N–H and O–H groups in total. The third kappa shape index (κ3) is 4.12. The Kier molecular flexibility index (Phi) is 5.75. The van der Waals surface area contributed by atoms with Gasteiger partial charge in [-0.3, -0.25) is 4.68 Å². The summed E-state index contributed by atoms with van der Waals surface area (Å²) in [5.74, 6) is 1.36. The van der Waals surface area contributed by atoms with Crippen molar-refractivity contribution in [2.24, 2.45) is 18.2 Å². The predicted octanol–water partition coefficient (Wildman–Crippen LogP) is 3.24. The molecule has 2 atom stereocenters. The molecule has 1 unspecified atom stereocenters. The van der Waals surface area contributed by atoms with Gasteiger partial charge in [0.2, 0.25) is 5.95 Å². The number of fused-ring (bicyclic) bond motifs is 1. The number of nitrogens with two attached hydrogens (primary N) is 1. The topological polar surface area (TPSA) is 106 Å². The molecule has 1 saturated heterocycles. The molecule has 1 fully saturated rings. The first kappa shape index (κ1) is 24.2. The number of rotatable bonds is 5. The molecule has 0 spiro atoms. The van der Waals surface area contributed by atoms with Crippen molar-refractivity contribution in [1.29, 1.82) is 0 Å². The molecule has 4 aromatic heterocycles. The Bertz CT molecular complexity index is 1520. The van der Waals surface area contributed by atoms with Crippen LogP contribution in [0.4, 0.5) is 16.2 Å². The van der Waals surface area contributed by atoms with E-state index >= 15 is 0 Å². The number of allylic oxidation sites excluding steroid dienone is 3. The van der Waals surface area contributed by atoms with Gasteiger partial charge in [-0.1, -0.05) is 13.0 Å². The van der Waals surface area contributed by atoms with Crippen LogP contribution in [0.15, 0.2) is 67.4 Å². The van der Waals surface area contributed by atoms with Crippen LogP contribution in [-0.4, -0.2) is 60.5 Å². The molecule has 0 radical (unpaired) electrons. The van der Waals surface area contributed by atoms with Crippen LogP contribution in [0, 0.1) is 5.41 Å². The molecular formula is C27H31FN10. The highest BCUT2D eigenvalue weighted by atomic mass is 19.1. The summed E-state index contributed by atoms with van der Waals surface area (Å²) in [5, 5.41) is 8.69. The average Bonchev–Trinajstić information content (AvgIpc) is 3.57. The average molecular weight is 515 g/mol. The number of aromatic nitrogens is 7. The summed E-state index contributed by atoms with van der Waals surface area (Å²) in [6.45, 7) is 7.07. The fourth-order valence-electron chi connectivity index (χ4n) is 5.18. The first-order chi connectivity index (χ1) is 18.2. The van der Waals surface area contributed by atoms with Crippen molar-refractivity contribution in [2.45, 2.75) is 25.8 Å². The van der Waals surface area contributed by atoms with E-state index in [1.54, 1.807) is 29.5 Å². The number of hydrogen-bond acceptors (Lipinski definition) is 8. The molecule has 0 amide bonds. The van der Waals surface area contributed by atoms with E-state index in [9.17, 15) is 4.39 Å². The number of halogens is 1. The van der Waals surface area contributed by atoms with Crippen LogP contribution in [0.1, 0.15) is 25.8 Å². The molecule has 1 aliphatic carbocycles. The first-order valence-corrected chi connectivity index (χ1v) is 12.7. The zero-order valence-electron chi connectivity index (χ0n) is 21.8. The zero-order valence-corrected chi connectivity index (χ0v) is 21.8. The summed E-state index contributed by atoms with van der Waals surface area (Å²) in [5.41, 5.74) is 9.47. The lowest BCUT2D eigenvalue weighted by molar-refractivity contribution is 0.221. The van der Waals surface area contributed by atoms with Crippen molar-refractivity contribution in [2.75, 3.05) is 36.0 Å². The lowest BCUT2D eigenvalue weighted by Gasteiger charge is -2.43. The molecule has 2 aliphatic rings. The van der Waals surface area contributed by atoms with Crippen LogP contribution in [0.5, 0.6) is 0 Å². The van der Waals surface area contributed by atoms with Gasteiger partial charge in [-0.15, -0.1) is 0 Å². The van der Waals surface area contributed by atoms with Crippen molar-refractivity contribution in [1.82, 2.24) is 34.3 Å². The Morgan fingerprint density at radius 1 is 0.974 bits per heavy atom. The van der Waals surface area contributed by atoms with E-state index in [0.717, 1.165) is 54.2 Å². The predicted molar refractivity (Wildman–Crippen MR) is 144 cm³/mol. The number of piperazine rings is 1. The summed E-state index contributed by atoms with van der Waals surface area (Å²) in [6, 6.07) is 2.11. The van der Waals surface area contributed by atoms with E-state index in [2.05, 4.69) is 41.0 Å². The highest BCUT2D eigenvalue weighted by Gasteiger charge is 2.42. The second kappa shape index (κ2) is 9.02. The second-order valence-electron chi connectivity index (χ2n) is 10.5. The van der Waals surface area contributed by atoms with E-state index in [0.29, 0.717) is 12.4 Å². The maximum atomic E-state index is 13.6. The first-order valence-electron chi connectivity index (χ1n) is 12.7. The Hall–Kier alpha value is -4.12. The monoisotopic (exact) mass is 514 g/mol. The van der Waals surface area contributed by atoms with E-state index in [-0.39, 0.29) is 5.83 Å². The van der Waals surface area contributed by atoms with Crippen LogP contribution < -0.4 is 15.5 Å². The number of hydrogen-bond donors (Lipinski definition) is 1. The molecule has 0 saturated carbocycles. The minimum Gasteiger partial charge on any atom is -0.351 e. The third-order valence-corrected chi connectivity index (χ3v) is 8.04. The Morgan fingerprint density at radius 2 is 1.71 bits per heavy atom. The van der Waals surface area contributed by atoms with Crippen LogP contribution in [-0.2, 0) is 12.6 Å². The fourth-order valence-corrected chi connectivity index (χ4v) is 5.18. The quantitative estimate of drug-likeness (QED) is 0.433. The Labute approximate surface area is 220 Å². The standard InChI is InChI=1S/C27H31FN10/c1-26(6-4-22(28)5-7-26)27(2,29)21-14-30-25(31-15-21)37-10-8-36(9-11-37)24-23-12-19(17-38(23)34-18-32-24)20-13-33-35(3)16-20/h4-6,12-18H,7-11,29H2,1-3H3/t26?,27-/m1/s1. The third-order valence-electron chi connectivity index (χ3n) is 8.04. The van der Waals surface area contributed by atoms with Gasteiger partial charge in [0.25, 0.3) is 0 Å². The fraction of sp³-hybridized carbons (Fsp3) is 0.370. The summed E-state index contributed by atoms with van der Waals surface area (Å²) in [7, 11) is 1.91. The van der Waals surface area contributed by atoms with Gasteiger partial charge in [-0.25, -0.2) is 23.9 Å². The van der Waals surface area contributed by atoms with Crippen molar-refractivity contribution in [3.63, 3.8) is 0 Å². The molecule has 0 bridgehead atoms. The van der Waals surface area contributed by atoms with Gasteiger partial charge in [-0.05, 0) is 31.6 Å². The van der Waals surface area contributed by atoms with Crippen LogP contribution in [0.25, 0.3) is 16.6 Å². The number of aryl methyl sites for hydroxylation is 1. The summed E-state index contributed by atoms with van der Waals surface area (Å²) < 4.78 is 17.2. The second-order valence-corrected chi connectivity index (χ2v) is 10.5. The number of nitrogens with zero attached hydrogens (tertiary/aromatic N) is 9. The van der Waals surface area contributed by atoms with Gasteiger partial charge in [-0.2, -0.15) is 10.2 Å². The van der Waals surface area contributed by atoms with Gasteiger partial charge in [0.05, 0.1) is 11.7 Å². The molecule has 11 heteroatoms. The highest BCUT2D eigenvalue weighted by molar-refractivity contribution is 5.77. The Morgan fingerprint density at radius 3 is 2.37 bits per heavy atom. The zero-order chi connectivity index (χ0) is 26.5. The maximum absolute atomic E-state index is 13.6. The molecule has 10 nitrogen and oxygen atoms in total. The van der Waals surface area contributed by atoms with E-state index < -0.39 is 11.0 Å². The van der Waals surface area contributed by atoms with Gasteiger partial charge < -0.3 is 15.5 Å². The maximum Gasteiger partial charge on any atom is 0.225 e. The van der Waals surface area contributed by atoms with Crippen molar-refractivity contribution < 1.29 is 4.39 Å². The highest BCUT2D eigenvalue weighted by Crippen LogP contribution is 2.44. The van der Waals surface area contributed by atoms with Gasteiger partial charge in [0, 0.05) is 80.1 Å². The van der Waals surface area contributed by atoms with Crippen LogP contribution in [0.2, 0.25) is 0 Å². The van der Waals surface area contributed by atoms with E-state index in [1.807, 2.05) is 50.1 Å². The molecular weight excluding hydrogens is 483 g/mol. The van der Waals surface area contributed by atoms with Crippen molar-refractivity contribution in [3.05, 3.63) is 73.0 Å². The van der Waals surface area contributed by atoms with Crippen LogP contribution >= 0.6 is 0 Å². The summed E-state index contributed by atoms with van der Waals surface area (Å²) in [6.07, 6.45) is 16.5. The smallest absolute Gasteiger partial charge is 0.225 e. The van der Waals surface area contributed by atoms with Gasteiger partial charge in [0.15, 0.2) is 5.82 Å². The van der Waals surface area contributed by atoms with Gasteiger partial charge in [0.1, 0.15) is 17.7 Å². The van der Waals surface area contributed by atoms with E-state index in [1.165, 1.54) is 6.08 Å². The van der Waals surface area contributed by atoms with Crippen molar-refractivity contribution >= 4 is 17.3 Å². The molecule has 5 heterocycles. The summed E-state index contributed by atoms with van der Waals surface area (Å²) in [4.78, 5) is 18.4. The van der Waals surface area contributed by atoms with Crippen LogP contribution in [0.3, 0.4) is 0 Å². The molecule has 196 valence electrons. The molecule has 4 aromatic rings. The Balaban J connectivity index is 1.16. The molecule has 38 heavy (non-hydrogen) atoms. The normalized spacial score (nSPS) is 21.6. The largest absolute Gasteiger partial charge is 0.351 e. The molecule has 6 rings (SSSR count). The van der Waals surface area contributed by atoms with E-state index in [4.69, 9.17) is 5.73 Å². The van der Waals surface area contributed by atoms with Crippen molar-refractivity contribution in [3.8, 4) is 11.1 Å². The lowest BCUT2D eigenvalue weighted by Crippen LogP contribution is -2.49. The molecule has 0 aromatic carbocycles. The van der Waals surface area contributed by atoms with Gasteiger partial charge >= 0.3 is 0 Å². The summed E-state index contributed by atoms with van der Waals surface area (Å²) >= 11 is 0. The number of anilines is 2. The SMILES string of the molecule is Cn1cc(-c2cc3c(N4CCN(c5ncc([C@@](C)(N)C6(C)C=CC(F)=CC6)cn5)CC4)ncnn3c2)cn1. The minimum atomic E-state index is -0.748.